The number of benzene rings is 2. The highest BCUT2D eigenvalue weighted by Gasteiger charge is 2.15. The van der Waals surface area contributed by atoms with Crippen molar-refractivity contribution in [3.63, 3.8) is 0 Å². The number of nitrogens with zero attached hydrogens (tertiary/aromatic N) is 2. The molecule has 0 amide bonds. The molecule has 0 saturated heterocycles. The Kier molecular flexibility index (Phi) is 12.3. The Balaban J connectivity index is 1.71. The zero-order chi connectivity index (χ0) is 28.1. The molecule has 0 atom stereocenters. The summed E-state index contributed by atoms with van der Waals surface area (Å²) in [5.41, 5.74) is 4.05. The first-order chi connectivity index (χ1) is 18.8. The van der Waals surface area contributed by atoms with E-state index in [4.69, 9.17) is 19.2 Å². The standard InChI is InChI=1S/C32H46N2O4Si/c1-6-7-8-9-10-21-38-29-18-16-27(17-19-29)30-24-34(25-37-22-23-39(3,4)5)32(33-30)28-14-11-26(12-15-28)13-20-31(35)36-2/h11-12,14-19,24H,6-10,13,20-23,25H2,1-5H3. The second-order valence-electron chi connectivity index (χ2n) is 11.3. The maximum atomic E-state index is 11.5. The van der Waals surface area contributed by atoms with Gasteiger partial charge in [-0.1, -0.05) is 76.5 Å². The molecule has 39 heavy (non-hydrogen) atoms. The van der Waals surface area contributed by atoms with Crippen molar-refractivity contribution >= 4 is 14.0 Å². The van der Waals surface area contributed by atoms with Crippen LogP contribution in [-0.2, 0) is 27.4 Å². The molecule has 0 aliphatic carbocycles. The van der Waals surface area contributed by atoms with Crippen LogP contribution in [0.1, 0.15) is 51.0 Å². The van der Waals surface area contributed by atoms with Gasteiger partial charge in [-0.15, -0.1) is 0 Å². The quantitative estimate of drug-likeness (QED) is 0.0968. The lowest BCUT2D eigenvalue weighted by Crippen LogP contribution is -2.22. The summed E-state index contributed by atoms with van der Waals surface area (Å²) < 4.78 is 18.9. The van der Waals surface area contributed by atoms with Crippen LogP contribution in [-0.4, -0.2) is 43.9 Å². The number of esters is 1. The van der Waals surface area contributed by atoms with Crippen LogP contribution in [0.15, 0.2) is 54.7 Å². The number of hydrogen-bond acceptors (Lipinski definition) is 5. The first-order valence-corrected chi connectivity index (χ1v) is 18.0. The molecule has 0 aliphatic heterocycles. The molecule has 0 spiro atoms. The predicted molar refractivity (Wildman–Crippen MR) is 162 cm³/mol. The molecule has 212 valence electrons. The summed E-state index contributed by atoms with van der Waals surface area (Å²) in [6, 6.07) is 17.6. The van der Waals surface area contributed by atoms with Crippen LogP contribution in [0, 0.1) is 0 Å². The van der Waals surface area contributed by atoms with E-state index in [2.05, 4.69) is 73.7 Å². The van der Waals surface area contributed by atoms with Gasteiger partial charge in [-0.2, -0.15) is 0 Å². The fourth-order valence-corrected chi connectivity index (χ4v) is 4.97. The number of carbonyl (C=O) groups is 1. The van der Waals surface area contributed by atoms with E-state index < -0.39 is 8.07 Å². The number of hydrogen-bond donors (Lipinski definition) is 0. The number of aromatic nitrogens is 2. The predicted octanol–water partition coefficient (Wildman–Crippen LogP) is 7.98. The molecule has 0 bridgehead atoms. The van der Waals surface area contributed by atoms with Gasteiger partial charge in [-0.05, 0) is 48.7 Å². The van der Waals surface area contributed by atoms with E-state index in [0.29, 0.717) is 19.6 Å². The van der Waals surface area contributed by atoms with Crippen LogP contribution in [0.2, 0.25) is 25.7 Å². The Hall–Kier alpha value is -2.90. The van der Waals surface area contributed by atoms with Crippen molar-refractivity contribution in [2.45, 2.75) is 84.3 Å². The Morgan fingerprint density at radius 1 is 0.897 bits per heavy atom. The zero-order valence-corrected chi connectivity index (χ0v) is 25.5. The van der Waals surface area contributed by atoms with Gasteiger partial charge in [0.2, 0.25) is 0 Å². The summed E-state index contributed by atoms with van der Waals surface area (Å²) in [7, 11) is 0.257. The van der Waals surface area contributed by atoms with Crippen molar-refractivity contribution in [3.8, 4) is 28.4 Å². The minimum atomic E-state index is -1.16. The van der Waals surface area contributed by atoms with Crippen molar-refractivity contribution in [2.24, 2.45) is 0 Å². The van der Waals surface area contributed by atoms with E-state index in [0.717, 1.165) is 59.6 Å². The molecule has 7 heteroatoms. The first kappa shape index (κ1) is 30.6. The lowest BCUT2D eigenvalue weighted by molar-refractivity contribution is -0.140. The van der Waals surface area contributed by atoms with E-state index >= 15 is 0 Å². The fourth-order valence-electron chi connectivity index (χ4n) is 4.21. The van der Waals surface area contributed by atoms with E-state index in [1.165, 1.54) is 32.8 Å². The SMILES string of the molecule is CCCCCCCOc1ccc(-c2cn(COCC[Si](C)(C)C)c(-c3ccc(CCC(=O)OC)cc3)n2)cc1. The summed E-state index contributed by atoms with van der Waals surface area (Å²) in [5, 5.41) is 0. The van der Waals surface area contributed by atoms with Gasteiger partial charge in [-0.3, -0.25) is 4.79 Å². The van der Waals surface area contributed by atoms with Gasteiger partial charge >= 0.3 is 5.97 Å². The number of carbonyl (C=O) groups excluding carboxylic acids is 1. The number of unbranched alkanes of at least 4 members (excludes halogenated alkanes) is 4. The monoisotopic (exact) mass is 550 g/mol. The summed E-state index contributed by atoms with van der Waals surface area (Å²) in [6.07, 6.45) is 9.24. The molecule has 3 aromatic rings. The van der Waals surface area contributed by atoms with Crippen LogP contribution in [0.5, 0.6) is 5.75 Å². The van der Waals surface area contributed by atoms with Gasteiger partial charge in [-0.25, -0.2) is 4.98 Å². The number of aryl methyl sites for hydroxylation is 1. The molecule has 0 radical (unpaired) electrons. The number of imidazole rings is 1. The number of rotatable bonds is 17. The highest BCUT2D eigenvalue weighted by Crippen LogP contribution is 2.27. The van der Waals surface area contributed by atoms with Crippen molar-refractivity contribution < 1.29 is 19.0 Å². The molecular formula is C32H46N2O4Si. The van der Waals surface area contributed by atoms with Crippen molar-refractivity contribution in [3.05, 3.63) is 60.3 Å². The van der Waals surface area contributed by atoms with E-state index in [-0.39, 0.29) is 5.97 Å². The summed E-state index contributed by atoms with van der Waals surface area (Å²) >= 11 is 0. The van der Waals surface area contributed by atoms with Gasteiger partial charge in [0.05, 0.1) is 19.4 Å². The third-order valence-electron chi connectivity index (χ3n) is 6.73. The Morgan fingerprint density at radius 3 is 2.26 bits per heavy atom. The van der Waals surface area contributed by atoms with Crippen LogP contribution in [0.3, 0.4) is 0 Å². The summed E-state index contributed by atoms with van der Waals surface area (Å²) in [4.78, 5) is 16.5. The van der Waals surface area contributed by atoms with Gasteiger partial charge in [0.1, 0.15) is 18.3 Å². The van der Waals surface area contributed by atoms with E-state index in [9.17, 15) is 4.79 Å². The number of ether oxygens (including phenoxy) is 3. The minimum absolute atomic E-state index is 0.196. The average Bonchev–Trinajstić information content (AvgIpc) is 3.36. The molecule has 1 aromatic heterocycles. The molecule has 2 aromatic carbocycles. The van der Waals surface area contributed by atoms with Gasteiger partial charge in [0, 0.05) is 38.4 Å². The third-order valence-corrected chi connectivity index (χ3v) is 8.43. The van der Waals surface area contributed by atoms with Crippen LogP contribution in [0.25, 0.3) is 22.6 Å². The molecule has 0 unspecified atom stereocenters. The Labute approximate surface area is 235 Å². The largest absolute Gasteiger partial charge is 0.494 e. The average molecular weight is 551 g/mol. The summed E-state index contributed by atoms with van der Waals surface area (Å²) in [5.74, 6) is 1.56. The fraction of sp³-hybridized carbons (Fsp3) is 0.500. The maximum Gasteiger partial charge on any atom is 0.305 e. The maximum absolute atomic E-state index is 11.5. The topological polar surface area (TPSA) is 62.6 Å². The van der Waals surface area contributed by atoms with Gasteiger partial charge < -0.3 is 18.8 Å². The molecule has 0 saturated carbocycles. The highest BCUT2D eigenvalue weighted by molar-refractivity contribution is 6.76. The first-order valence-electron chi connectivity index (χ1n) is 14.3. The second-order valence-corrected chi connectivity index (χ2v) is 16.9. The van der Waals surface area contributed by atoms with Crippen molar-refractivity contribution in [1.82, 2.24) is 9.55 Å². The lowest BCUT2D eigenvalue weighted by Gasteiger charge is -2.16. The van der Waals surface area contributed by atoms with E-state index in [1.807, 2.05) is 12.1 Å². The van der Waals surface area contributed by atoms with Crippen LogP contribution < -0.4 is 4.74 Å². The molecule has 0 fully saturated rings. The van der Waals surface area contributed by atoms with Crippen LogP contribution in [0.4, 0.5) is 0 Å². The highest BCUT2D eigenvalue weighted by atomic mass is 28.3. The minimum Gasteiger partial charge on any atom is -0.494 e. The second kappa shape index (κ2) is 15.6. The van der Waals surface area contributed by atoms with E-state index in [1.54, 1.807) is 0 Å². The molecule has 0 N–H and O–H groups in total. The van der Waals surface area contributed by atoms with Crippen molar-refractivity contribution in [2.75, 3.05) is 20.3 Å². The van der Waals surface area contributed by atoms with Gasteiger partial charge in [0.15, 0.2) is 0 Å². The Morgan fingerprint density at radius 2 is 1.59 bits per heavy atom. The molecule has 1 heterocycles. The van der Waals surface area contributed by atoms with Crippen molar-refractivity contribution in [1.29, 1.82) is 0 Å². The van der Waals surface area contributed by atoms with Crippen LogP contribution >= 0.6 is 0 Å². The molecule has 0 aliphatic rings. The molecule has 6 nitrogen and oxygen atoms in total. The molecular weight excluding hydrogens is 504 g/mol. The smallest absolute Gasteiger partial charge is 0.305 e. The summed E-state index contributed by atoms with van der Waals surface area (Å²) in [6.45, 7) is 11.3. The lowest BCUT2D eigenvalue weighted by atomic mass is 10.1. The third kappa shape index (κ3) is 10.6. The Bertz CT molecular complexity index is 1130. The molecule has 3 rings (SSSR count). The number of methoxy groups -OCH3 is 1. The zero-order valence-electron chi connectivity index (χ0n) is 24.5. The van der Waals surface area contributed by atoms with Gasteiger partial charge in [0.25, 0.3) is 0 Å². The normalized spacial score (nSPS) is 11.5.